The minimum Gasteiger partial charge on any atom is -0.263 e. The average Bonchev–Trinajstić information content (AvgIpc) is 2.54. The van der Waals surface area contributed by atoms with Crippen LogP contribution in [0.25, 0.3) is 11.1 Å². The molecule has 3 rings (SSSR count). The Kier molecular flexibility index (Phi) is 4.79. The second-order valence-electron chi connectivity index (χ2n) is 5.76. The largest absolute Gasteiger partial charge is 0.263 e. The SMILES string of the molecule is Cc1cccc(NS(=O)(=O)c2ccc(-c3cccc(Cl)c3)cc2C)n1. The van der Waals surface area contributed by atoms with Gasteiger partial charge in [-0.2, -0.15) is 0 Å². The normalized spacial score (nSPS) is 11.3. The highest BCUT2D eigenvalue weighted by molar-refractivity contribution is 7.92. The molecule has 1 N–H and O–H groups in total. The summed E-state index contributed by atoms with van der Waals surface area (Å²) in [6, 6.07) is 17.9. The highest BCUT2D eigenvalue weighted by Gasteiger charge is 2.18. The quantitative estimate of drug-likeness (QED) is 0.714. The van der Waals surface area contributed by atoms with Gasteiger partial charge in [-0.3, -0.25) is 4.72 Å². The molecular formula is C19H17ClN2O2S. The maximum Gasteiger partial charge on any atom is 0.263 e. The van der Waals surface area contributed by atoms with Crippen LogP contribution < -0.4 is 4.72 Å². The van der Waals surface area contributed by atoms with Crippen molar-refractivity contribution in [3.63, 3.8) is 0 Å². The first-order valence-electron chi connectivity index (χ1n) is 7.68. The Bertz CT molecular complexity index is 1030. The van der Waals surface area contributed by atoms with Gasteiger partial charge in [0.05, 0.1) is 4.90 Å². The highest BCUT2D eigenvalue weighted by Crippen LogP contribution is 2.27. The number of pyridine rings is 1. The van der Waals surface area contributed by atoms with E-state index in [4.69, 9.17) is 11.6 Å². The summed E-state index contributed by atoms with van der Waals surface area (Å²) in [5.41, 5.74) is 3.24. The van der Waals surface area contributed by atoms with E-state index in [9.17, 15) is 8.42 Å². The molecular weight excluding hydrogens is 356 g/mol. The van der Waals surface area contributed by atoms with E-state index >= 15 is 0 Å². The van der Waals surface area contributed by atoms with E-state index in [0.717, 1.165) is 16.8 Å². The van der Waals surface area contributed by atoms with Crippen LogP contribution >= 0.6 is 11.6 Å². The van der Waals surface area contributed by atoms with Crippen LogP contribution in [0.15, 0.2) is 65.6 Å². The molecule has 0 saturated heterocycles. The molecule has 0 bridgehead atoms. The monoisotopic (exact) mass is 372 g/mol. The van der Waals surface area contributed by atoms with Crippen molar-refractivity contribution in [2.24, 2.45) is 0 Å². The Hall–Kier alpha value is -2.37. The molecule has 0 radical (unpaired) electrons. The number of nitrogens with zero attached hydrogens (tertiary/aromatic N) is 1. The zero-order chi connectivity index (χ0) is 18.0. The van der Waals surface area contributed by atoms with Gasteiger partial charge in [-0.05, 0) is 60.9 Å². The number of halogens is 1. The molecule has 0 aliphatic rings. The fourth-order valence-electron chi connectivity index (χ4n) is 2.59. The molecule has 0 fully saturated rings. The van der Waals surface area contributed by atoms with Gasteiger partial charge in [-0.15, -0.1) is 0 Å². The third-order valence-corrected chi connectivity index (χ3v) is 5.50. The Labute approximate surface area is 152 Å². The van der Waals surface area contributed by atoms with Crippen LogP contribution in [-0.4, -0.2) is 13.4 Å². The van der Waals surface area contributed by atoms with Gasteiger partial charge in [-0.25, -0.2) is 13.4 Å². The van der Waals surface area contributed by atoms with Gasteiger partial charge >= 0.3 is 0 Å². The second-order valence-corrected chi connectivity index (χ2v) is 7.85. The first kappa shape index (κ1) is 17.5. The van der Waals surface area contributed by atoms with Crippen molar-refractivity contribution in [3.05, 3.63) is 76.9 Å². The predicted octanol–water partition coefficient (Wildman–Crippen LogP) is 4.82. The van der Waals surface area contributed by atoms with Crippen LogP contribution in [0.3, 0.4) is 0 Å². The molecule has 2 aromatic carbocycles. The number of sulfonamides is 1. The maximum atomic E-state index is 12.7. The molecule has 0 atom stereocenters. The van der Waals surface area contributed by atoms with Crippen LogP contribution in [0.1, 0.15) is 11.3 Å². The van der Waals surface area contributed by atoms with Crippen molar-refractivity contribution in [1.29, 1.82) is 0 Å². The molecule has 0 aliphatic carbocycles. The summed E-state index contributed by atoms with van der Waals surface area (Å²) in [6.45, 7) is 3.58. The fraction of sp³-hybridized carbons (Fsp3) is 0.105. The fourth-order valence-corrected chi connectivity index (χ4v) is 4.01. The Morgan fingerprint density at radius 2 is 1.64 bits per heavy atom. The number of nitrogens with one attached hydrogen (secondary N) is 1. The molecule has 0 amide bonds. The number of aromatic nitrogens is 1. The standard InChI is InChI=1S/C19H17ClN2O2S/c1-13-11-16(15-6-4-7-17(20)12-15)9-10-18(13)25(23,24)22-19-8-3-5-14(2)21-19/h3-12H,1-2H3,(H,21,22). The van der Waals surface area contributed by atoms with Crippen LogP contribution in [0.2, 0.25) is 5.02 Å². The van der Waals surface area contributed by atoms with Gasteiger partial charge in [0.2, 0.25) is 0 Å². The lowest BCUT2D eigenvalue weighted by molar-refractivity contribution is 0.600. The van der Waals surface area contributed by atoms with Gasteiger partial charge in [0, 0.05) is 10.7 Å². The van der Waals surface area contributed by atoms with E-state index in [0.29, 0.717) is 16.4 Å². The van der Waals surface area contributed by atoms with Gasteiger partial charge in [0.15, 0.2) is 0 Å². The van der Waals surface area contributed by atoms with Crippen LogP contribution in [0, 0.1) is 13.8 Å². The smallest absolute Gasteiger partial charge is 0.263 e. The number of anilines is 1. The van der Waals surface area contributed by atoms with Crippen molar-refractivity contribution in [1.82, 2.24) is 4.98 Å². The molecule has 3 aromatic rings. The predicted molar refractivity (Wildman–Crippen MR) is 101 cm³/mol. The number of hydrogen-bond acceptors (Lipinski definition) is 3. The Morgan fingerprint density at radius 1 is 0.920 bits per heavy atom. The van der Waals surface area contributed by atoms with Crippen molar-refractivity contribution in [2.45, 2.75) is 18.7 Å². The number of aryl methyl sites for hydroxylation is 2. The zero-order valence-electron chi connectivity index (χ0n) is 13.8. The summed E-state index contributed by atoms with van der Waals surface area (Å²) in [5.74, 6) is 0.304. The van der Waals surface area contributed by atoms with Gasteiger partial charge in [-0.1, -0.05) is 41.9 Å². The average molecular weight is 373 g/mol. The molecule has 0 aliphatic heterocycles. The van der Waals surface area contributed by atoms with Crippen LogP contribution in [-0.2, 0) is 10.0 Å². The second kappa shape index (κ2) is 6.86. The Balaban J connectivity index is 1.95. The van der Waals surface area contributed by atoms with E-state index in [2.05, 4.69) is 9.71 Å². The van der Waals surface area contributed by atoms with E-state index in [1.807, 2.05) is 37.3 Å². The summed E-state index contributed by atoms with van der Waals surface area (Å²) >= 11 is 6.03. The van der Waals surface area contributed by atoms with Crippen molar-refractivity contribution in [2.75, 3.05) is 4.72 Å². The van der Waals surface area contributed by atoms with Gasteiger partial charge < -0.3 is 0 Å². The van der Waals surface area contributed by atoms with Gasteiger partial charge in [0.1, 0.15) is 5.82 Å². The molecule has 1 heterocycles. The van der Waals surface area contributed by atoms with E-state index in [1.165, 1.54) is 0 Å². The van der Waals surface area contributed by atoms with Crippen molar-refractivity contribution >= 4 is 27.4 Å². The molecule has 25 heavy (non-hydrogen) atoms. The lowest BCUT2D eigenvalue weighted by Gasteiger charge is -2.12. The molecule has 0 unspecified atom stereocenters. The third-order valence-electron chi connectivity index (χ3n) is 3.75. The topological polar surface area (TPSA) is 59.1 Å². The van der Waals surface area contributed by atoms with Crippen LogP contribution in [0.4, 0.5) is 5.82 Å². The van der Waals surface area contributed by atoms with Crippen LogP contribution in [0.5, 0.6) is 0 Å². The summed E-state index contributed by atoms with van der Waals surface area (Å²) in [7, 11) is -3.71. The third kappa shape index (κ3) is 4.00. The molecule has 0 spiro atoms. The molecule has 1 aromatic heterocycles. The summed E-state index contributed by atoms with van der Waals surface area (Å²) in [5, 5.41) is 0.638. The summed E-state index contributed by atoms with van der Waals surface area (Å²) < 4.78 is 27.9. The first-order valence-corrected chi connectivity index (χ1v) is 9.54. The molecule has 6 heteroatoms. The Morgan fingerprint density at radius 3 is 2.32 bits per heavy atom. The molecule has 128 valence electrons. The molecule has 4 nitrogen and oxygen atoms in total. The maximum absolute atomic E-state index is 12.7. The minimum atomic E-state index is -3.71. The first-order chi connectivity index (χ1) is 11.8. The molecule has 0 saturated carbocycles. The zero-order valence-corrected chi connectivity index (χ0v) is 15.4. The van der Waals surface area contributed by atoms with Crippen molar-refractivity contribution in [3.8, 4) is 11.1 Å². The van der Waals surface area contributed by atoms with E-state index < -0.39 is 10.0 Å². The number of hydrogen-bond donors (Lipinski definition) is 1. The van der Waals surface area contributed by atoms with Crippen molar-refractivity contribution < 1.29 is 8.42 Å². The lowest BCUT2D eigenvalue weighted by Crippen LogP contribution is -2.15. The minimum absolute atomic E-state index is 0.224. The van der Waals surface area contributed by atoms with Gasteiger partial charge in [0.25, 0.3) is 10.0 Å². The number of rotatable bonds is 4. The van der Waals surface area contributed by atoms with E-state index in [-0.39, 0.29) is 4.90 Å². The number of benzene rings is 2. The summed E-state index contributed by atoms with van der Waals surface area (Å²) in [4.78, 5) is 4.41. The van der Waals surface area contributed by atoms with E-state index in [1.54, 1.807) is 37.3 Å². The summed E-state index contributed by atoms with van der Waals surface area (Å²) in [6.07, 6.45) is 0. The lowest BCUT2D eigenvalue weighted by atomic mass is 10.0. The highest BCUT2D eigenvalue weighted by atomic mass is 35.5.